The maximum absolute atomic E-state index is 2.49. The van der Waals surface area contributed by atoms with Gasteiger partial charge in [-0.2, -0.15) is 0 Å². The summed E-state index contributed by atoms with van der Waals surface area (Å²) in [6.45, 7) is 15.4. The fraction of sp³-hybridized carbons (Fsp3) is 0.238. The molecule has 0 saturated heterocycles. The highest BCUT2D eigenvalue weighted by Gasteiger charge is 2.41. The molecular formula is C42H45N. The van der Waals surface area contributed by atoms with E-state index in [4.69, 9.17) is 0 Å². The molecule has 5 aromatic rings. The molecule has 218 valence electrons. The average molecular weight is 564 g/mol. The van der Waals surface area contributed by atoms with Crippen molar-refractivity contribution in [1.29, 1.82) is 0 Å². The lowest BCUT2D eigenvalue weighted by atomic mass is 9.81. The van der Waals surface area contributed by atoms with Crippen molar-refractivity contribution in [3.05, 3.63) is 144 Å². The molecule has 0 spiro atoms. The molecule has 1 heterocycles. The molecule has 43 heavy (non-hydrogen) atoms. The van der Waals surface area contributed by atoms with Crippen molar-refractivity contribution in [2.75, 3.05) is 0 Å². The van der Waals surface area contributed by atoms with Crippen molar-refractivity contribution < 1.29 is 0 Å². The highest BCUT2D eigenvalue weighted by molar-refractivity contribution is 6.07. The summed E-state index contributed by atoms with van der Waals surface area (Å²) in [5, 5.41) is 3.98. The number of hydrogen-bond acceptors (Lipinski definition) is 0. The van der Waals surface area contributed by atoms with Crippen LogP contribution in [0.3, 0.4) is 0 Å². The van der Waals surface area contributed by atoms with Crippen LogP contribution in [-0.4, -0.2) is 4.57 Å². The first-order valence-corrected chi connectivity index (χ1v) is 15.7. The van der Waals surface area contributed by atoms with Gasteiger partial charge in [0.2, 0.25) is 0 Å². The van der Waals surface area contributed by atoms with E-state index >= 15 is 0 Å². The molecular weight excluding hydrogens is 518 g/mol. The van der Waals surface area contributed by atoms with E-state index in [1.807, 2.05) is 0 Å². The van der Waals surface area contributed by atoms with Gasteiger partial charge in [0.05, 0.1) is 11.2 Å². The van der Waals surface area contributed by atoms with Gasteiger partial charge >= 0.3 is 0 Å². The van der Waals surface area contributed by atoms with Gasteiger partial charge in [-0.3, -0.25) is 0 Å². The number of benzene rings is 4. The number of rotatable bonds is 6. The van der Waals surface area contributed by atoms with Crippen molar-refractivity contribution in [2.45, 2.75) is 66.7 Å². The molecule has 1 aliphatic carbocycles. The van der Waals surface area contributed by atoms with Crippen molar-refractivity contribution in [1.82, 2.24) is 4.57 Å². The minimum Gasteiger partial charge on any atom is -0.309 e. The molecule has 0 atom stereocenters. The Labute approximate surface area is 258 Å². The van der Waals surface area contributed by atoms with E-state index < -0.39 is 0 Å². The zero-order valence-electron chi connectivity index (χ0n) is 26.9. The molecule has 1 nitrogen and oxygen atoms in total. The summed E-state index contributed by atoms with van der Waals surface area (Å²) in [7, 11) is 0. The SMILES string of the molecule is C/C=C(\C)c1ccc(-n2c3c(c4ccccc42)C(C)(C)c2ccc4ccccc4c2-3)cc1.CC\C=C/C=C\C(C)=C/CC. The Morgan fingerprint density at radius 2 is 1.47 bits per heavy atom. The van der Waals surface area contributed by atoms with Crippen LogP contribution < -0.4 is 0 Å². The quantitative estimate of drug-likeness (QED) is 0.181. The highest BCUT2D eigenvalue weighted by Crippen LogP contribution is 2.55. The molecule has 0 amide bonds. The van der Waals surface area contributed by atoms with E-state index in [2.05, 4.69) is 174 Å². The second kappa shape index (κ2) is 12.9. The Morgan fingerprint density at radius 3 is 2.16 bits per heavy atom. The minimum absolute atomic E-state index is 0.0545. The minimum atomic E-state index is -0.0545. The monoisotopic (exact) mass is 563 g/mol. The molecule has 0 fully saturated rings. The van der Waals surface area contributed by atoms with Crippen LogP contribution >= 0.6 is 0 Å². The summed E-state index contributed by atoms with van der Waals surface area (Å²) in [5.74, 6) is 0. The van der Waals surface area contributed by atoms with Crippen LogP contribution in [0.5, 0.6) is 0 Å². The molecule has 0 radical (unpaired) electrons. The Kier molecular flexibility index (Phi) is 9.02. The second-order valence-electron chi connectivity index (χ2n) is 12.0. The van der Waals surface area contributed by atoms with Gasteiger partial charge < -0.3 is 4.57 Å². The fourth-order valence-electron chi connectivity index (χ4n) is 6.41. The van der Waals surface area contributed by atoms with Gasteiger partial charge in [-0.15, -0.1) is 0 Å². The molecule has 0 N–H and O–H groups in total. The van der Waals surface area contributed by atoms with Crippen LogP contribution in [0.15, 0.2) is 127 Å². The van der Waals surface area contributed by atoms with Crippen molar-refractivity contribution in [2.24, 2.45) is 0 Å². The summed E-state index contributed by atoms with van der Waals surface area (Å²) in [5.41, 5.74) is 11.9. The number of allylic oxidation sites excluding steroid dienone is 8. The van der Waals surface area contributed by atoms with Crippen LogP contribution in [-0.2, 0) is 5.41 Å². The van der Waals surface area contributed by atoms with Gasteiger partial charge in [0.15, 0.2) is 0 Å². The predicted octanol–water partition coefficient (Wildman–Crippen LogP) is 12.4. The van der Waals surface area contributed by atoms with Crippen molar-refractivity contribution >= 4 is 27.2 Å². The van der Waals surface area contributed by atoms with Gasteiger partial charge in [0.1, 0.15) is 0 Å². The third kappa shape index (κ3) is 5.69. The zero-order valence-corrected chi connectivity index (χ0v) is 26.9. The number of hydrogen-bond donors (Lipinski definition) is 0. The lowest BCUT2D eigenvalue weighted by molar-refractivity contribution is 0.667. The molecule has 1 aromatic heterocycles. The summed E-state index contributed by atoms with van der Waals surface area (Å²) in [6.07, 6.45) is 15.1. The Morgan fingerprint density at radius 1 is 0.767 bits per heavy atom. The Bertz CT molecular complexity index is 1870. The maximum Gasteiger partial charge on any atom is 0.0591 e. The van der Waals surface area contributed by atoms with E-state index in [0.717, 1.165) is 12.8 Å². The first-order valence-electron chi connectivity index (χ1n) is 15.7. The van der Waals surface area contributed by atoms with Crippen LogP contribution in [0.4, 0.5) is 0 Å². The van der Waals surface area contributed by atoms with Gasteiger partial charge in [0.25, 0.3) is 0 Å². The third-order valence-electron chi connectivity index (χ3n) is 8.72. The molecule has 4 aromatic carbocycles. The van der Waals surface area contributed by atoms with E-state index in [1.165, 1.54) is 66.5 Å². The van der Waals surface area contributed by atoms with E-state index in [9.17, 15) is 0 Å². The summed E-state index contributed by atoms with van der Waals surface area (Å²) >= 11 is 0. The Balaban J connectivity index is 0.000000288. The predicted molar refractivity (Wildman–Crippen MR) is 190 cm³/mol. The van der Waals surface area contributed by atoms with E-state index in [0.29, 0.717) is 0 Å². The molecule has 0 aliphatic heterocycles. The van der Waals surface area contributed by atoms with Gasteiger partial charge in [-0.05, 0) is 84.8 Å². The zero-order chi connectivity index (χ0) is 30.6. The molecule has 0 saturated carbocycles. The third-order valence-corrected chi connectivity index (χ3v) is 8.72. The van der Waals surface area contributed by atoms with Crippen molar-refractivity contribution in [3.63, 3.8) is 0 Å². The summed E-state index contributed by atoms with van der Waals surface area (Å²) < 4.78 is 2.49. The van der Waals surface area contributed by atoms with Crippen LogP contribution in [0.1, 0.15) is 78.0 Å². The van der Waals surface area contributed by atoms with Gasteiger partial charge in [0, 0.05) is 22.1 Å². The van der Waals surface area contributed by atoms with E-state index in [-0.39, 0.29) is 5.41 Å². The molecule has 0 bridgehead atoms. The van der Waals surface area contributed by atoms with Crippen LogP contribution in [0, 0.1) is 0 Å². The molecule has 0 unspecified atom stereocenters. The van der Waals surface area contributed by atoms with E-state index in [1.54, 1.807) is 0 Å². The Hall–Kier alpha value is -4.36. The molecule has 1 heteroatoms. The number of aromatic nitrogens is 1. The highest BCUT2D eigenvalue weighted by atomic mass is 15.0. The maximum atomic E-state index is 2.49. The first kappa shape index (κ1) is 30.1. The standard InChI is InChI=1S/C31H27N.C11H18/c1-5-20(2)21-14-17-23(18-15-21)32-27-13-9-8-12-25(27)29-30(32)28-24-11-7-6-10-22(24)16-19-26(28)31(29,3)4;1-4-6-7-8-10-11(3)9-5-2/h5-19H,1-4H3;6-10H,4-5H2,1-3H3/b20-5+;7-6-,10-8-,11-9-. The summed E-state index contributed by atoms with van der Waals surface area (Å²) in [6, 6.07) is 31.3. The molecule has 1 aliphatic rings. The van der Waals surface area contributed by atoms with Crippen LogP contribution in [0.25, 0.3) is 44.2 Å². The number of fused-ring (bicyclic) bond motifs is 7. The average Bonchev–Trinajstić information content (AvgIpc) is 3.49. The largest absolute Gasteiger partial charge is 0.309 e. The summed E-state index contributed by atoms with van der Waals surface area (Å²) in [4.78, 5) is 0. The van der Waals surface area contributed by atoms with Gasteiger partial charge in [-0.25, -0.2) is 0 Å². The number of para-hydroxylation sites is 1. The van der Waals surface area contributed by atoms with Crippen LogP contribution in [0.2, 0.25) is 0 Å². The van der Waals surface area contributed by atoms with Gasteiger partial charge in [-0.1, -0.05) is 136 Å². The fourth-order valence-corrected chi connectivity index (χ4v) is 6.41. The number of nitrogens with zero attached hydrogens (tertiary/aromatic N) is 1. The topological polar surface area (TPSA) is 4.93 Å². The normalized spacial score (nSPS) is 14.4. The first-order chi connectivity index (χ1) is 20.8. The smallest absolute Gasteiger partial charge is 0.0591 e. The second-order valence-corrected chi connectivity index (χ2v) is 12.0. The molecule has 6 rings (SSSR count). The lowest BCUT2D eigenvalue weighted by Crippen LogP contribution is -2.14. The van der Waals surface area contributed by atoms with Crippen molar-refractivity contribution in [3.8, 4) is 16.9 Å². The lowest BCUT2D eigenvalue weighted by Gasteiger charge is -2.21.